The lowest BCUT2D eigenvalue weighted by Crippen LogP contribution is -2.25. The summed E-state index contributed by atoms with van der Waals surface area (Å²) in [5.41, 5.74) is 2.59. The van der Waals surface area contributed by atoms with Crippen molar-refractivity contribution in [3.05, 3.63) is 64.4 Å². The number of nitrogens with zero attached hydrogens (tertiary/aromatic N) is 3. The molecule has 1 aromatic carbocycles. The summed E-state index contributed by atoms with van der Waals surface area (Å²) in [6.45, 7) is 2.45. The van der Waals surface area contributed by atoms with E-state index in [4.69, 9.17) is 0 Å². The fourth-order valence-electron chi connectivity index (χ4n) is 2.09. The van der Waals surface area contributed by atoms with Gasteiger partial charge in [-0.1, -0.05) is 18.2 Å². The number of benzene rings is 1. The molecule has 2 aromatic heterocycles. The van der Waals surface area contributed by atoms with Crippen LogP contribution in [0.3, 0.4) is 0 Å². The molecule has 1 N–H and O–H groups in total. The van der Waals surface area contributed by atoms with Crippen molar-refractivity contribution in [3.8, 4) is 5.69 Å². The molecule has 0 spiro atoms. The number of carbonyl (C=O) groups is 1. The fraction of sp³-hybridized carbons (Fsp3) is 0.188. The topological polar surface area (TPSA) is 59.8 Å². The largest absolute Gasteiger partial charge is 0.350 e. The lowest BCUT2D eigenvalue weighted by Gasteiger charge is -2.01. The lowest BCUT2D eigenvalue weighted by atomic mass is 10.2. The molecule has 0 aliphatic heterocycles. The monoisotopic (exact) mass is 312 g/mol. The highest BCUT2D eigenvalue weighted by Gasteiger charge is 2.08. The van der Waals surface area contributed by atoms with Crippen molar-refractivity contribution in [2.75, 3.05) is 6.54 Å². The summed E-state index contributed by atoms with van der Waals surface area (Å²) in [5.74, 6) is -0.125. The van der Waals surface area contributed by atoms with Gasteiger partial charge >= 0.3 is 0 Å². The van der Waals surface area contributed by atoms with E-state index in [0.29, 0.717) is 12.2 Å². The van der Waals surface area contributed by atoms with E-state index in [1.54, 1.807) is 5.38 Å². The highest BCUT2D eigenvalue weighted by atomic mass is 32.1. The van der Waals surface area contributed by atoms with Gasteiger partial charge in [0, 0.05) is 18.1 Å². The Kier molecular flexibility index (Phi) is 4.29. The van der Waals surface area contributed by atoms with Crippen LogP contribution in [0.15, 0.2) is 48.1 Å². The summed E-state index contributed by atoms with van der Waals surface area (Å²) in [4.78, 5) is 16.1. The van der Waals surface area contributed by atoms with Crippen LogP contribution in [0.4, 0.5) is 0 Å². The molecule has 6 heteroatoms. The number of thiazole rings is 1. The molecule has 5 nitrogen and oxygen atoms in total. The van der Waals surface area contributed by atoms with Crippen LogP contribution >= 0.6 is 11.3 Å². The molecule has 2 heterocycles. The first kappa shape index (κ1) is 14.5. The SMILES string of the molecule is Cc1nc(C(=O)NCCc2cnn(-c3ccccc3)c2)cs1. The number of amides is 1. The Hall–Kier alpha value is -2.47. The first-order valence-corrected chi connectivity index (χ1v) is 7.89. The maximum atomic E-state index is 11.9. The Morgan fingerprint density at radius 2 is 2.14 bits per heavy atom. The van der Waals surface area contributed by atoms with E-state index in [1.165, 1.54) is 11.3 Å². The smallest absolute Gasteiger partial charge is 0.270 e. The molecule has 0 atom stereocenters. The van der Waals surface area contributed by atoms with Crippen molar-refractivity contribution in [3.63, 3.8) is 0 Å². The molecule has 0 saturated heterocycles. The summed E-state index contributed by atoms with van der Waals surface area (Å²) in [5, 5.41) is 9.89. The standard InChI is InChI=1S/C16H16N4OS/c1-12-19-15(11-22-12)16(21)17-8-7-13-9-18-20(10-13)14-5-3-2-4-6-14/h2-6,9-11H,7-8H2,1H3,(H,17,21). The molecule has 0 fully saturated rings. The van der Waals surface area contributed by atoms with Crippen LogP contribution in [0.1, 0.15) is 21.1 Å². The number of carbonyl (C=O) groups excluding carboxylic acids is 1. The normalized spacial score (nSPS) is 10.6. The number of rotatable bonds is 5. The average Bonchev–Trinajstić information content (AvgIpc) is 3.17. The van der Waals surface area contributed by atoms with Gasteiger partial charge in [0.05, 0.1) is 16.9 Å². The number of nitrogens with one attached hydrogen (secondary N) is 1. The number of aromatic nitrogens is 3. The van der Waals surface area contributed by atoms with E-state index in [0.717, 1.165) is 22.7 Å². The first-order chi connectivity index (χ1) is 10.7. The van der Waals surface area contributed by atoms with Gasteiger partial charge in [-0.05, 0) is 31.0 Å². The van der Waals surface area contributed by atoms with E-state index in [9.17, 15) is 4.79 Å². The molecule has 112 valence electrons. The molecule has 3 rings (SSSR count). The Bertz CT molecular complexity index is 763. The molecule has 0 aliphatic carbocycles. The molecular formula is C16H16N4OS. The third kappa shape index (κ3) is 3.40. The van der Waals surface area contributed by atoms with E-state index in [1.807, 2.05) is 54.3 Å². The summed E-state index contributed by atoms with van der Waals surface area (Å²) < 4.78 is 1.83. The van der Waals surface area contributed by atoms with Crippen molar-refractivity contribution >= 4 is 17.2 Å². The van der Waals surface area contributed by atoms with Crippen LogP contribution in [0.2, 0.25) is 0 Å². The zero-order valence-electron chi connectivity index (χ0n) is 12.2. The molecular weight excluding hydrogens is 296 g/mol. The van der Waals surface area contributed by atoms with Gasteiger partial charge in [0.15, 0.2) is 0 Å². The zero-order valence-corrected chi connectivity index (χ0v) is 13.0. The third-order valence-electron chi connectivity index (χ3n) is 3.21. The van der Waals surface area contributed by atoms with Crippen molar-refractivity contribution in [2.24, 2.45) is 0 Å². The van der Waals surface area contributed by atoms with Gasteiger partial charge in [0.2, 0.25) is 0 Å². The van der Waals surface area contributed by atoms with Crippen LogP contribution in [0.25, 0.3) is 5.69 Å². The van der Waals surface area contributed by atoms with Gasteiger partial charge in [-0.2, -0.15) is 5.10 Å². The quantitative estimate of drug-likeness (QED) is 0.788. The summed E-state index contributed by atoms with van der Waals surface area (Å²) in [7, 11) is 0. The van der Waals surface area contributed by atoms with E-state index >= 15 is 0 Å². The van der Waals surface area contributed by atoms with Gasteiger partial charge in [0.25, 0.3) is 5.91 Å². The van der Waals surface area contributed by atoms with Crippen molar-refractivity contribution < 1.29 is 4.79 Å². The molecule has 1 amide bonds. The maximum absolute atomic E-state index is 11.9. The Morgan fingerprint density at radius 1 is 1.32 bits per heavy atom. The lowest BCUT2D eigenvalue weighted by molar-refractivity contribution is 0.0949. The molecule has 0 radical (unpaired) electrons. The molecule has 0 saturated carbocycles. The number of para-hydroxylation sites is 1. The minimum absolute atomic E-state index is 0.125. The second kappa shape index (κ2) is 6.53. The minimum Gasteiger partial charge on any atom is -0.350 e. The summed E-state index contributed by atoms with van der Waals surface area (Å²) in [6, 6.07) is 9.94. The first-order valence-electron chi connectivity index (χ1n) is 7.01. The Labute approximate surface area is 132 Å². The number of hydrogen-bond donors (Lipinski definition) is 1. The van der Waals surface area contributed by atoms with Crippen molar-refractivity contribution in [2.45, 2.75) is 13.3 Å². The van der Waals surface area contributed by atoms with E-state index in [-0.39, 0.29) is 5.91 Å². The van der Waals surface area contributed by atoms with Gasteiger partial charge in [-0.25, -0.2) is 9.67 Å². The van der Waals surface area contributed by atoms with Crippen molar-refractivity contribution in [1.29, 1.82) is 0 Å². The second-order valence-corrected chi connectivity index (χ2v) is 5.95. The van der Waals surface area contributed by atoms with Gasteiger partial charge < -0.3 is 5.32 Å². The molecule has 0 unspecified atom stereocenters. The predicted octanol–water partition coefficient (Wildman–Crippen LogP) is 2.61. The Morgan fingerprint density at radius 3 is 2.86 bits per heavy atom. The van der Waals surface area contributed by atoms with Gasteiger partial charge in [0.1, 0.15) is 5.69 Å². The minimum atomic E-state index is -0.125. The number of aryl methyl sites for hydroxylation is 1. The van der Waals surface area contributed by atoms with Crippen LogP contribution in [-0.4, -0.2) is 27.2 Å². The molecule has 0 aliphatic rings. The summed E-state index contributed by atoms with van der Waals surface area (Å²) in [6.07, 6.45) is 4.54. The second-order valence-electron chi connectivity index (χ2n) is 4.89. The van der Waals surface area contributed by atoms with Gasteiger partial charge in [-0.3, -0.25) is 4.79 Å². The van der Waals surface area contributed by atoms with Crippen LogP contribution in [0, 0.1) is 6.92 Å². The van der Waals surface area contributed by atoms with Crippen molar-refractivity contribution in [1.82, 2.24) is 20.1 Å². The third-order valence-corrected chi connectivity index (χ3v) is 3.98. The van der Waals surface area contributed by atoms with E-state index < -0.39 is 0 Å². The van der Waals surface area contributed by atoms with Crippen LogP contribution in [0.5, 0.6) is 0 Å². The Balaban J connectivity index is 1.54. The average molecular weight is 312 g/mol. The maximum Gasteiger partial charge on any atom is 0.270 e. The molecule has 0 bridgehead atoms. The van der Waals surface area contributed by atoms with Crippen LogP contribution in [-0.2, 0) is 6.42 Å². The zero-order chi connectivity index (χ0) is 15.4. The predicted molar refractivity (Wildman–Crippen MR) is 86.5 cm³/mol. The highest BCUT2D eigenvalue weighted by molar-refractivity contribution is 7.09. The molecule has 22 heavy (non-hydrogen) atoms. The fourth-order valence-corrected chi connectivity index (χ4v) is 2.68. The van der Waals surface area contributed by atoms with Crippen LogP contribution < -0.4 is 5.32 Å². The summed E-state index contributed by atoms with van der Waals surface area (Å²) >= 11 is 1.48. The van der Waals surface area contributed by atoms with Gasteiger partial charge in [-0.15, -0.1) is 11.3 Å². The number of hydrogen-bond acceptors (Lipinski definition) is 4. The van der Waals surface area contributed by atoms with E-state index in [2.05, 4.69) is 15.4 Å². The highest BCUT2D eigenvalue weighted by Crippen LogP contribution is 2.09. The molecule has 3 aromatic rings.